The van der Waals surface area contributed by atoms with Crippen LogP contribution in [-0.4, -0.2) is 77.8 Å². The first-order valence-electron chi connectivity index (χ1n) is 8.80. The van der Waals surface area contributed by atoms with E-state index in [0.29, 0.717) is 0 Å². The van der Waals surface area contributed by atoms with Crippen molar-refractivity contribution >= 4 is 52.7 Å². The maximum Gasteiger partial charge on any atom is 0.133 e. The predicted molar refractivity (Wildman–Crippen MR) is 120 cm³/mol. The molecule has 0 atom stereocenters. The third-order valence-electron chi connectivity index (χ3n) is 3.60. The van der Waals surface area contributed by atoms with Crippen molar-refractivity contribution in [3.05, 3.63) is 49.8 Å². The zero-order valence-electron chi connectivity index (χ0n) is 15.3. The van der Waals surface area contributed by atoms with Crippen LogP contribution in [0.3, 0.4) is 0 Å². The van der Waals surface area contributed by atoms with Crippen LogP contribution in [0.5, 0.6) is 0 Å². The third kappa shape index (κ3) is 7.85. The van der Waals surface area contributed by atoms with Gasteiger partial charge in [0.1, 0.15) is 15.0 Å². The molecule has 0 bridgehead atoms. The molecular formula is C18H21N7S3. The molecule has 146 valence electrons. The summed E-state index contributed by atoms with van der Waals surface area (Å²) < 4.78 is 0. The minimum absolute atomic E-state index is 0.728. The van der Waals surface area contributed by atoms with Gasteiger partial charge in [0.15, 0.2) is 0 Å². The van der Waals surface area contributed by atoms with Crippen LogP contribution >= 0.6 is 34.0 Å². The maximum atomic E-state index is 4.48. The average molecular weight is 432 g/mol. The first-order valence-corrected chi connectivity index (χ1v) is 11.4. The van der Waals surface area contributed by atoms with E-state index in [0.717, 1.165) is 54.3 Å². The van der Waals surface area contributed by atoms with E-state index in [2.05, 4.69) is 34.8 Å². The number of thiazole rings is 3. The van der Waals surface area contributed by atoms with Gasteiger partial charge in [-0.25, -0.2) is 15.0 Å². The van der Waals surface area contributed by atoms with Gasteiger partial charge in [-0.2, -0.15) is 0 Å². The first-order chi connectivity index (χ1) is 13.9. The highest BCUT2D eigenvalue weighted by Gasteiger charge is 2.03. The van der Waals surface area contributed by atoms with Crippen LogP contribution in [-0.2, 0) is 0 Å². The van der Waals surface area contributed by atoms with Crippen LogP contribution in [0.4, 0.5) is 0 Å². The standard InChI is InChI=1S/C18H21N7S3/c1(19-13-16-22-4-10-26-16)7-25(8-2-20-14-17-23-5-11-27-17)9-3-21-15-18-24-6-12-28-18/h4-6,10-15H,1-3,7-9H2. The van der Waals surface area contributed by atoms with Gasteiger partial charge in [-0.3, -0.25) is 19.9 Å². The van der Waals surface area contributed by atoms with Crippen molar-refractivity contribution in [2.45, 2.75) is 0 Å². The summed E-state index contributed by atoms with van der Waals surface area (Å²) >= 11 is 4.77. The van der Waals surface area contributed by atoms with Crippen molar-refractivity contribution in [1.29, 1.82) is 0 Å². The fourth-order valence-electron chi connectivity index (χ4n) is 2.26. The topological polar surface area (TPSA) is 79.0 Å². The Labute approximate surface area is 176 Å². The third-order valence-corrected chi connectivity index (χ3v) is 5.73. The van der Waals surface area contributed by atoms with E-state index in [1.807, 2.05) is 34.8 Å². The van der Waals surface area contributed by atoms with Crippen molar-refractivity contribution in [2.24, 2.45) is 15.0 Å². The molecule has 3 aromatic heterocycles. The van der Waals surface area contributed by atoms with E-state index in [9.17, 15) is 0 Å². The monoisotopic (exact) mass is 431 g/mol. The summed E-state index contributed by atoms with van der Waals surface area (Å²) in [6.45, 7) is 4.77. The highest BCUT2D eigenvalue weighted by Crippen LogP contribution is 2.02. The molecule has 0 N–H and O–H groups in total. The van der Waals surface area contributed by atoms with Crippen LogP contribution < -0.4 is 0 Å². The molecule has 3 heterocycles. The van der Waals surface area contributed by atoms with Gasteiger partial charge in [-0.1, -0.05) is 0 Å². The second-order valence-electron chi connectivity index (χ2n) is 5.56. The highest BCUT2D eigenvalue weighted by atomic mass is 32.1. The summed E-state index contributed by atoms with van der Waals surface area (Å²) in [4.78, 5) is 28.4. The summed E-state index contributed by atoms with van der Waals surface area (Å²) in [6.07, 6.45) is 10.9. The lowest BCUT2D eigenvalue weighted by atomic mass is 10.4. The summed E-state index contributed by atoms with van der Waals surface area (Å²) in [6, 6.07) is 0. The minimum Gasteiger partial charge on any atom is -0.298 e. The van der Waals surface area contributed by atoms with Gasteiger partial charge in [-0.05, 0) is 0 Å². The van der Waals surface area contributed by atoms with Crippen LogP contribution in [0.2, 0.25) is 0 Å². The molecule has 0 saturated carbocycles. The largest absolute Gasteiger partial charge is 0.298 e. The van der Waals surface area contributed by atoms with Gasteiger partial charge in [0, 0.05) is 54.4 Å². The summed E-state index contributed by atoms with van der Waals surface area (Å²) in [5.74, 6) is 0. The number of aromatic nitrogens is 3. The van der Waals surface area contributed by atoms with Gasteiger partial charge in [-0.15, -0.1) is 34.0 Å². The lowest BCUT2D eigenvalue weighted by Gasteiger charge is -2.19. The zero-order chi connectivity index (χ0) is 19.3. The molecule has 0 aliphatic carbocycles. The van der Waals surface area contributed by atoms with Crippen LogP contribution in [0, 0.1) is 0 Å². The Hall–Kier alpha value is -2.14. The summed E-state index contributed by atoms with van der Waals surface area (Å²) in [5.41, 5.74) is 0. The molecule has 0 aliphatic rings. The highest BCUT2D eigenvalue weighted by molar-refractivity contribution is 7.11. The molecule has 0 spiro atoms. The van der Waals surface area contributed by atoms with Gasteiger partial charge in [0.25, 0.3) is 0 Å². The quantitative estimate of drug-likeness (QED) is 0.413. The molecular weight excluding hydrogens is 410 g/mol. The Morgan fingerprint density at radius 1 is 0.643 bits per heavy atom. The molecule has 10 heteroatoms. The van der Waals surface area contributed by atoms with Crippen LogP contribution in [0.15, 0.2) is 49.7 Å². The molecule has 3 rings (SSSR count). The number of hydrogen-bond acceptors (Lipinski definition) is 10. The fraction of sp³-hybridized carbons (Fsp3) is 0.333. The van der Waals surface area contributed by atoms with Crippen molar-refractivity contribution < 1.29 is 0 Å². The minimum atomic E-state index is 0.728. The average Bonchev–Trinajstić information content (AvgIpc) is 3.48. The molecule has 0 aliphatic heterocycles. The van der Waals surface area contributed by atoms with E-state index in [-0.39, 0.29) is 0 Å². The zero-order valence-corrected chi connectivity index (χ0v) is 17.7. The van der Waals surface area contributed by atoms with E-state index >= 15 is 0 Å². The molecule has 7 nitrogen and oxygen atoms in total. The Morgan fingerprint density at radius 2 is 1.00 bits per heavy atom. The lowest BCUT2D eigenvalue weighted by molar-refractivity contribution is 0.298. The van der Waals surface area contributed by atoms with Crippen molar-refractivity contribution in [3.63, 3.8) is 0 Å². The number of nitrogens with zero attached hydrogens (tertiary/aromatic N) is 7. The van der Waals surface area contributed by atoms with Gasteiger partial charge >= 0.3 is 0 Å². The maximum absolute atomic E-state index is 4.48. The van der Waals surface area contributed by atoms with E-state index in [1.54, 1.807) is 52.6 Å². The SMILES string of the molecule is C(=NCCN(CCN=Cc1nccs1)CCN=Cc1nccs1)c1nccs1. The van der Waals surface area contributed by atoms with Crippen LogP contribution in [0.1, 0.15) is 15.0 Å². The molecule has 0 unspecified atom stereocenters. The Bertz CT molecular complexity index is 725. The smallest absolute Gasteiger partial charge is 0.133 e. The Balaban J connectivity index is 1.44. The molecule has 3 aromatic rings. The fourth-order valence-corrected chi connectivity index (χ4v) is 3.81. The van der Waals surface area contributed by atoms with E-state index in [4.69, 9.17) is 0 Å². The van der Waals surface area contributed by atoms with Crippen LogP contribution in [0.25, 0.3) is 0 Å². The number of hydrogen-bond donors (Lipinski definition) is 0. The van der Waals surface area contributed by atoms with Crippen molar-refractivity contribution in [3.8, 4) is 0 Å². The Morgan fingerprint density at radius 3 is 1.29 bits per heavy atom. The van der Waals surface area contributed by atoms with E-state index in [1.165, 1.54) is 0 Å². The molecule has 0 radical (unpaired) electrons. The van der Waals surface area contributed by atoms with E-state index < -0.39 is 0 Å². The number of rotatable bonds is 12. The van der Waals surface area contributed by atoms with Gasteiger partial charge < -0.3 is 0 Å². The molecule has 28 heavy (non-hydrogen) atoms. The molecule has 0 amide bonds. The summed E-state index contributed by atoms with van der Waals surface area (Å²) in [7, 11) is 0. The first kappa shape index (κ1) is 20.6. The van der Waals surface area contributed by atoms with Crippen molar-refractivity contribution in [1.82, 2.24) is 19.9 Å². The van der Waals surface area contributed by atoms with Crippen molar-refractivity contribution in [2.75, 3.05) is 39.3 Å². The van der Waals surface area contributed by atoms with Gasteiger partial charge in [0.05, 0.1) is 38.3 Å². The Kier molecular flexibility index (Phi) is 9.08. The number of aliphatic imine (C=N–C) groups is 3. The second kappa shape index (κ2) is 12.3. The van der Waals surface area contributed by atoms with Gasteiger partial charge in [0.2, 0.25) is 0 Å². The lowest BCUT2D eigenvalue weighted by Crippen LogP contribution is -2.31. The predicted octanol–water partition coefficient (Wildman–Crippen LogP) is 3.02. The second-order valence-corrected chi connectivity index (χ2v) is 8.34. The normalized spacial score (nSPS) is 12.3. The molecule has 0 fully saturated rings. The summed E-state index contributed by atoms with van der Waals surface area (Å²) in [5, 5.41) is 8.67. The molecule has 0 aromatic carbocycles. The molecule has 0 saturated heterocycles.